The van der Waals surface area contributed by atoms with Crippen LogP contribution in [0.3, 0.4) is 0 Å². The van der Waals surface area contributed by atoms with Crippen molar-refractivity contribution < 1.29 is 9.47 Å². The van der Waals surface area contributed by atoms with Gasteiger partial charge >= 0.3 is 0 Å². The minimum atomic E-state index is 0. The molecule has 1 aliphatic carbocycles. The number of rotatable bonds is 10. The van der Waals surface area contributed by atoms with Gasteiger partial charge in [0.05, 0.1) is 19.3 Å². The van der Waals surface area contributed by atoms with Crippen molar-refractivity contribution in [3.8, 4) is 5.75 Å². The molecule has 1 aliphatic rings. The minimum absolute atomic E-state index is 0. The molecule has 0 spiro atoms. The van der Waals surface area contributed by atoms with E-state index in [4.69, 9.17) is 9.47 Å². The van der Waals surface area contributed by atoms with E-state index < -0.39 is 0 Å². The Labute approximate surface area is 193 Å². The third-order valence-corrected chi connectivity index (χ3v) is 5.33. The van der Waals surface area contributed by atoms with Gasteiger partial charge in [0.15, 0.2) is 5.96 Å². The molecule has 1 atom stereocenters. The maximum Gasteiger partial charge on any atom is 0.191 e. The zero-order chi connectivity index (χ0) is 20.2. The van der Waals surface area contributed by atoms with E-state index in [-0.39, 0.29) is 30.0 Å². The van der Waals surface area contributed by atoms with Crippen molar-refractivity contribution in [1.82, 2.24) is 15.5 Å². The maximum absolute atomic E-state index is 5.99. The molecule has 2 N–H and O–H groups in total. The number of nitrogens with zero attached hydrogens (tertiary/aromatic N) is 2. The summed E-state index contributed by atoms with van der Waals surface area (Å²) in [5.41, 5.74) is 1.17. The molecule has 1 unspecified atom stereocenters. The molecule has 1 saturated carbocycles. The Balaban J connectivity index is 0.00000420. The molecule has 1 fully saturated rings. The van der Waals surface area contributed by atoms with Crippen LogP contribution in [0.25, 0.3) is 0 Å². The average Bonchev–Trinajstić information content (AvgIpc) is 2.73. The molecule has 166 valence electrons. The topological polar surface area (TPSA) is 58.1 Å². The fourth-order valence-corrected chi connectivity index (χ4v) is 3.69. The first-order valence-electron chi connectivity index (χ1n) is 10.5. The molecule has 6 nitrogen and oxygen atoms in total. The normalized spacial score (nSPS) is 16.2. The van der Waals surface area contributed by atoms with Gasteiger partial charge < -0.3 is 25.0 Å². The van der Waals surface area contributed by atoms with Crippen molar-refractivity contribution in [3.05, 3.63) is 29.8 Å². The lowest BCUT2D eigenvalue weighted by atomic mass is 9.98. The lowest BCUT2D eigenvalue weighted by molar-refractivity contribution is 0.0277. The van der Waals surface area contributed by atoms with Gasteiger partial charge in [-0.2, -0.15) is 0 Å². The number of halogens is 1. The molecule has 0 radical (unpaired) electrons. The maximum atomic E-state index is 5.99. The van der Waals surface area contributed by atoms with E-state index in [0.29, 0.717) is 6.10 Å². The SMILES string of the molecule is CN=C(NCCCOC1CCCCC1)NCC(c1ccccc1OC)N(C)C.I. The Bertz CT molecular complexity index is 592. The van der Waals surface area contributed by atoms with Crippen molar-refractivity contribution >= 4 is 29.9 Å². The van der Waals surface area contributed by atoms with Crippen LogP contribution in [0.4, 0.5) is 0 Å². The van der Waals surface area contributed by atoms with E-state index in [0.717, 1.165) is 37.8 Å². The van der Waals surface area contributed by atoms with Crippen LogP contribution in [0.1, 0.15) is 50.1 Å². The van der Waals surface area contributed by atoms with Crippen molar-refractivity contribution in [2.24, 2.45) is 4.99 Å². The summed E-state index contributed by atoms with van der Waals surface area (Å²) in [7, 11) is 7.69. The van der Waals surface area contributed by atoms with Crippen LogP contribution in [0.15, 0.2) is 29.3 Å². The molecule has 1 aromatic carbocycles. The molecule has 0 saturated heterocycles. The summed E-state index contributed by atoms with van der Waals surface area (Å²) in [4.78, 5) is 6.54. The molecule has 0 heterocycles. The molecule has 29 heavy (non-hydrogen) atoms. The van der Waals surface area contributed by atoms with Gasteiger partial charge in [-0.25, -0.2) is 0 Å². The van der Waals surface area contributed by atoms with Gasteiger partial charge in [0, 0.05) is 32.3 Å². The summed E-state index contributed by atoms with van der Waals surface area (Å²) in [6, 6.07) is 8.35. The number of benzene rings is 1. The Kier molecular flexibility index (Phi) is 13.3. The van der Waals surface area contributed by atoms with Gasteiger partial charge in [-0.05, 0) is 39.4 Å². The highest BCUT2D eigenvalue weighted by Crippen LogP contribution is 2.27. The largest absolute Gasteiger partial charge is 0.496 e. The number of ether oxygens (including phenoxy) is 2. The highest BCUT2D eigenvalue weighted by Gasteiger charge is 2.18. The molecule has 1 aromatic rings. The Morgan fingerprint density at radius 1 is 1.17 bits per heavy atom. The summed E-state index contributed by atoms with van der Waals surface area (Å²) in [6.45, 7) is 2.41. The van der Waals surface area contributed by atoms with Crippen LogP contribution in [0, 0.1) is 0 Å². The molecule has 0 aromatic heterocycles. The lowest BCUT2D eigenvalue weighted by Gasteiger charge is -2.27. The number of methoxy groups -OCH3 is 1. The first-order chi connectivity index (χ1) is 13.7. The monoisotopic (exact) mass is 518 g/mol. The first-order valence-corrected chi connectivity index (χ1v) is 10.5. The summed E-state index contributed by atoms with van der Waals surface area (Å²) in [5.74, 6) is 1.73. The number of nitrogens with one attached hydrogen (secondary N) is 2. The highest BCUT2D eigenvalue weighted by atomic mass is 127. The second kappa shape index (κ2) is 14.8. The molecular weight excluding hydrogens is 479 g/mol. The average molecular weight is 518 g/mol. The highest BCUT2D eigenvalue weighted by molar-refractivity contribution is 14.0. The number of hydrogen-bond acceptors (Lipinski definition) is 4. The number of para-hydroxylation sites is 1. The van der Waals surface area contributed by atoms with Crippen molar-refractivity contribution in [3.63, 3.8) is 0 Å². The van der Waals surface area contributed by atoms with E-state index in [2.05, 4.69) is 40.7 Å². The quantitative estimate of drug-likeness (QED) is 0.214. The van der Waals surface area contributed by atoms with Crippen molar-refractivity contribution in [2.75, 3.05) is 47.9 Å². The fraction of sp³-hybridized carbons (Fsp3) is 0.682. The summed E-state index contributed by atoms with van der Waals surface area (Å²) in [5, 5.41) is 6.83. The molecule has 2 rings (SSSR count). The second-order valence-corrected chi connectivity index (χ2v) is 7.59. The third-order valence-electron chi connectivity index (χ3n) is 5.33. The fourth-order valence-electron chi connectivity index (χ4n) is 3.69. The van der Waals surface area contributed by atoms with E-state index in [1.165, 1.54) is 37.7 Å². The predicted molar refractivity (Wildman–Crippen MR) is 132 cm³/mol. The third kappa shape index (κ3) is 9.09. The zero-order valence-corrected chi connectivity index (χ0v) is 20.8. The second-order valence-electron chi connectivity index (χ2n) is 7.59. The molecule has 0 aliphatic heterocycles. The molecule has 0 bridgehead atoms. The van der Waals surface area contributed by atoms with Crippen LogP contribution < -0.4 is 15.4 Å². The number of hydrogen-bond donors (Lipinski definition) is 2. The van der Waals surface area contributed by atoms with Gasteiger partial charge in [-0.3, -0.25) is 4.99 Å². The molecular formula is C22H39IN4O2. The Morgan fingerprint density at radius 2 is 1.90 bits per heavy atom. The van der Waals surface area contributed by atoms with Gasteiger partial charge in [0.25, 0.3) is 0 Å². The first kappa shape index (κ1) is 26.0. The summed E-state index contributed by atoms with van der Waals surface area (Å²) >= 11 is 0. The van der Waals surface area contributed by atoms with Crippen LogP contribution >= 0.6 is 24.0 Å². The lowest BCUT2D eigenvalue weighted by Crippen LogP contribution is -2.42. The van der Waals surface area contributed by atoms with Crippen molar-refractivity contribution in [1.29, 1.82) is 0 Å². The smallest absolute Gasteiger partial charge is 0.191 e. The molecule has 0 amide bonds. The number of guanidine groups is 1. The zero-order valence-electron chi connectivity index (χ0n) is 18.4. The Hall–Kier alpha value is -1.06. The van der Waals surface area contributed by atoms with Gasteiger partial charge in [0.2, 0.25) is 0 Å². The van der Waals surface area contributed by atoms with Crippen LogP contribution in [-0.4, -0.2) is 64.9 Å². The van der Waals surface area contributed by atoms with E-state index in [1.54, 1.807) is 7.11 Å². The van der Waals surface area contributed by atoms with E-state index >= 15 is 0 Å². The van der Waals surface area contributed by atoms with Crippen molar-refractivity contribution in [2.45, 2.75) is 50.7 Å². The van der Waals surface area contributed by atoms with E-state index in [9.17, 15) is 0 Å². The Morgan fingerprint density at radius 3 is 2.55 bits per heavy atom. The van der Waals surface area contributed by atoms with Gasteiger partial charge in [-0.1, -0.05) is 37.5 Å². The van der Waals surface area contributed by atoms with Gasteiger partial charge in [-0.15, -0.1) is 24.0 Å². The summed E-state index contributed by atoms with van der Waals surface area (Å²) < 4.78 is 11.5. The van der Waals surface area contributed by atoms with Crippen LogP contribution in [-0.2, 0) is 4.74 Å². The number of likely N-dealkylation sites (N-methyl/N-ethyl adjacent to an activating group) is 1. The van der Waals surface area contributed by atoms with E-state index in [1.807, 2.05) is 25.2 Å². The van der Waals surface area contributed by atoms with Gasteiger partial charge in [0.1, 0.15) is 5.75 Å². The minimum Gasteiger partial charge on any atom is -0.496 e. The number of aliphatic imine (C=N–C) groups is 1. The van der Waals surface area contributed by atoms with Crippen LogP contribution in [0.2, 0.25) is 0 Å². The predicted octanol–water partition coefficient (Wildman–Crippen LogP) is 3.82. The molecule has 7 heteroatoms. The standard InChI is InChI=1S/C22H38N4O2.HI/c1-23-22(24-15-10-16-28-18-11-6-5-7-12-18)25-17-20(26(2)3)19-13-8-9-14-21(19)27-4;/h8-9,13-14,18,20H,5-7,10-12,15-17H2,1-4H3,(H2,23,24,25);1H. The summed E-state index contributed by atoms with van der Waals surface area (Å²) in [6.07, 6.45) is 7.93. The van der Waals surface area contributed by atoms with Crippen LogP contribution in [0.5, 0.6) is 5.75 Å².